The number of aliphatic hydroxyl groups excluding tert-OH is 1. The molecule has 0 bridgehead atoms. The number of hydrogen-bond acceptors (Lipinski definition) is 2. The first-order chi connectivity index (χ1) is 8.11. The highest BCUT2D eigenvalue weighted by molar-refractivity contribution is 4.83. The molecule has 2 aliphatic rings. The van der Waals surface area contributed by atoms with E-state index in [0.29, 0.717) is 18.8 Å². The van der Waals surface area contributed by atoms with Crippen LogP contribution in [0.4, 0.5) is 8.78 Å². The Kier molecular flexibility index (Phi) is 4.36. The lowest BCUT2D eigenvalue weighted by atomic mass is 9.85. The largest absolute Gasteiger partial charge is 0.395 e. The number of rotatable bonds is 3. The molecule has 0 amide bonds. The number of nitrogens with zero attached hydrogens (tertiary/aromatic N) is 1. The summed E-state index contributed by atoms with van der Waals surface area (Å²) in [4.78, 5) is 2.32. The summed E-state index contributed by atoms with van der Waals surface area (Å²) < 4.78 is 26.1. The Hall–Kier alpha value is -0.220. The monoisotopic (exact) mass is 247 g/mol. The molecule has 1 saturated carbocycles. The zero-order valence-electron chi connectivity index (χ0n) is 10.4. The Balaban J connectivity index is 1.80. The molecule has 1 aliphatic carbocycles. The van der Waals surface area contributed by atoms with E-state index >= 15 is 0 Å². The van der Waals surface area contributed by atoms with Crippen molar-refractivity contribution in [1.82, 2.24) is 4.90 Å². The van der Waals surface area contributed by atoms with E-state index in [1.807, 2.05) is 0 Å². The topological polar surface area (TPSA) is 23.5 Å². The number of halogens is 2. The SMILES string of the molecule is OC[C@H]1CCCCN1CC1CCC(F)(F)CC1. The Bertz CT molecular complexity index is 238. The molecule has 0 aromatic rings. The van der Waals surface area contributed by atoms with Crippen LogP contribution in [-0.2, 0) is 0 Å². The van der Waals surface area contributed by atoms with Gasteiger partial charge in [-0.05, 0) is 38.1 Å². The zero-order chi connectivity index (χ0) is 12.3. The fraction of sp³-hybridized carbons (Fsp3) is 1.00. The van der Waals surface area contributed by atoms with Crippen molar-refractivity contribution in [2.75, 3.05) is 19.7 Å². The first kappa shape index (κ1) is 13.2. The maximum absolute atomic E-state index is 13.0. The summed E-state index contributed by atoms with van der Waals surface area (Å²) in [5.74, 6) is -2.02. The van der Waals surface area contributed by atoms with Crippen molar-refractivity contribution in [1.29, 1.82) is 0 Å². The normalized spacial score (nSPS) is 31.6. The molecule has 1 atom stereocenters. The van der Waals surface area contributed by atoms with Gasteiger partial charge >= 0.3 is 0 Å². The summed E-state index contributed by atoms with van der Waals surface area (Å²) in [5.41, 5.74) is 0. The second-order valence-corrected chi connectivity index (χ2v) is 5.63. The van der Waals surface area contributed by atoms with Crippen molar-refractivity contribution >= 4 is 0 Å². The highest BCUT2D eigenvalue weighted by Gasteiger charge is 2.36. The van der Waals surface area contributed by atoms with Crippen molar-refractivity contribution < 1.29 is 13.9 Å². The van der Waals surface area contributed by atoms with Crippen molar-refractivity contribution in [3.8, 4) is 0 Å². The molecular formula is C13H23F2NO. The van der Waals surface area contributed by atoms with E-state index in [9.17, 15) is 13.9 Å². The van der Waals surface area contributed by atoms with Crippen LogP contribution in [-0.4, -0.2) is 41.7 Å². The van der Waals surface area contributed by atoms with Gasteiger partial charge in [-0.3, -0.25) is 4.90 Å². The van der Waals surface area contributed by atoms with Crippen LogP contribution in [0.15, 0.2) is 0 Å². The number of likely N-dealkylation sites (tertiary alicyclic amines) is 1. The molecule has 1 heterocycles. The van der Waals surface area contributed by atoms with Crippen LogP contribution < -0.4 is 0 Å². The quantitative estimate of drug-likeness (QED) is 0.828. The van der Waals surface area contributed by atoms with Gasteiger partial charge in [-0.25, -0.2) is 8.78 Å². The van der Waals surface area contributed by atoms with Gasteiger partial charge in [0.25, 0.3) is 0 Å². The zero-order valence-corrected chi connectivity index (χ0v) is 10.4. The van der Waals surface area contributed by atoms with Gasteiger partial charge < -0.3 is 5.11 Å². The van der Waals surface area contributed by atoms with E-state index in [4.69, 9.17) is 0 Å². The minimum absolute atomic E-state index is 0.0509. The lowest BCUT2D eigenvalue weighted by molar-refractivity contribution is -0.0520. The second-order valence-electron chi connectivity index (χ2n) is 5.63. The maximum Gasteiger partial charge on any atom is 0.248 e. The smallest absolute Gasteiger partial charge is 0.248 e. The summed E-state index contributed by atoms with van der Waals surface area (Å²) in [7, 11) is 0. The van der Waals surface area contributed by atoms with Crippen LogP contribution in [0.25, 0.3) is 0 Å². The number of piperidine rings is 1. The third-order valence-electron chi connectivity index (χ3n) is 4.29. The van der Waals surface area contributed by atoms with E-state index in [1.54, 1.807) is 0 Å². The first-order valence-electron chi connectivity index (χ1n) is 6.83. The highest BCUT2D eigenvalue weighted by atomic mass is 19.3. The third kappa shape index (κ3) is 3.62. The number of hydrogen-bond donors (Lipinski definition) is 1. The van der Waals surface area contributed by atoms with Gasteiger partial charge in [0.05, 0.1) is 6.61 Å². The summed E-state index contributed by atoms with van der Waals surface area (Å²) in [6.45, 7) is 2.14. The first-order valence-corrected chi connectivity index (χ1v) is 6.83. The minimum Gasteiger partial charge on any atom is -0.395 e. The van der Waals surface area contributed by atoms with E-state index in [0.717, 1.165) is 19.5 Å². The van der Waals surface area contributed by atoms with E-state index < -0.39 is 5.92 Å². The summed E-state index contributed by atoms with van der Waals surface area (Å²) in [6, 6.07) is 0.270. The Morgan fingerprint density at radius 1 is 1.12 bits per heavy atom. The molecule has 0 aromatic carbocycles. The van der Waals surface area contributed by atoms with E-state index in [2.05, 4.69) is 4.90 Å². The Morgan fingerprint density at radius 3 is 2.47 bits per heavy atom. The lowest BCUT2D eigenvalue weighted by Gasteiger charge is -2.38. The van der Waals surface area contributed by atoms with Gasteiger partial charge in [-0.15, -0.1) is 0 Å². The second kappa shape index (κ2) is 5.61. The van der Waals surface area contributed by atoms with Crippen LogP contribution in [0.5, 0.6) is 0 Å². The van der Waals surface area contributed by atoms with Gasteiger partial charge in [0.15, 0.2) is 0 Å². The predicted octanol–water partition coefficient (Wildman–Crippen LogP) is 2.66. The highest BCUT2D eigenvalue weighted by Crippen LogP contribution is 2.36. The molecule has 0 aromatic heterocycles. The summed E-state index contributed by atoms with van der Waals surface area (Å²) in [5, 5.41) is 9.31. The standard InChI is InChI=1S/C13H23F2NO/c14-13(15)6-4-11(5-7-13)9-16-8-2-1-3-12(16)10-17/h11-12,17H,1-10H2/t12-/m1/s1. The van der Waals surface area contributed by atoms with Crippen LogP contribution >= 0.6 is 0 Å². The maximum atomic E-state index is 13.0. The van der Waals surface area contributed by atoms with Crippen LogP contribution in [0.3, 0.4) is 0 Å². The van der Waals surface area contributed by atoms with Crippen molar-refractivity contribution in [3.05, 3.63) is 0 Å². The van der Waals surface area contributed by atoms with Crippen molar-refractivity contribution in [2.24, 2.45) is 5.92 Å². The molecule has 1 saturated heterocycles. The molecule has 2 fully saturated rings. The van der Waals surface area contributed by atoms with Crippen LogP contribution in [0.1, 0.15) is 44.9 Å². The fourth-order valence-corrected chi connectivity index (χ4v) is 3.12. The van der Waals surface area contributed by atoms with E-state index in [1.165, 1.54) is 12.8 Å². The van der Waals surface area contributed by atoms with Gasteiger partial charge in [0.1, 0.15) is 0 Å². The van der Waals surface area contributed by atoms with Crippen LogP contribution in [0, 0.1) is 5.92 Å². The molecule has 0 unspecified atom stereocenters. The minimum atomic E-state index is -2.42. The van der Waals surface area contributed by atoms with Crippen LogP contribution in [0.2, 0.25) is 0 Å². The molecule has 4 heteroatoms. The molecule has 0 spiro atoms. The Morgan fingerprint density at radius 2 is 1.82 bits per heavy atom. The van der Waals surface area contributed by atoms with Gasteiger partial charge in [0.2, 0.25) is 5.92 Å². The molecule has 1 N–H and O–H groups in total. The van der Waals surface area contributed by atoms with Gasteiger partial charge in [-0.2, -0.15) is 0 Å². The number of aliphatic hydroxyl groups is 1. The van der Waals surface area contributed by atoms with E-state index in [-0.39, 0.29) is 25.5 Å². The molecule has 2 rings (SSSR count). The molecule has 1 aliphatic heterocycles. The average Bonchev–Trinajstić information content (AvgIpc) is 2.32. The average molecular weight is 247 g/mol. The number of alkyl halides is 2. The third-order valence-corrected chi connectivity index (χ3v) is 4.29. The fourth-order valence-electron chi connectivity index (χ4n) is 3.12. The summed E-state index contributed by atoms with van der Waals surface area (Å²) >= 11 is 0. The molecular weight excluding hydrogens is 224 g/mol. The molecule has 17 heavy (non-hydrogen) atoms. The summed E-state index contributed by atoms with van der Waals surface area (Å²) in [6.07, 6.45) is 4.80. The van der Waals surface area contributed by atoms with Gasteiger partial charge in [-0.1, -0.05) is 6.42 Å². The Labute approximate surface area is 102 Å². The predicted molar refractivity (Wildman–Crippen MR) is 63.2 cm³/mol. The molecule has 100 valence electrons. The van der Waals surface area contributed by atoms with Crippen molar-refractivity contribution in [2.45, 2.75) is 56.9 Å². The van der Waals surface area contributed by atoms with Gasteiger partial charge in [0, 0.05) is 25.4 Å². The molecule has 0 radical (unpaired) electrons. The lowest BCUT2D eigenvalue weighted by Crippen LogP contribution is -2.45. The molecule has 2 nitrogen and oxygen atoms in total. The van der Waals surface area contributed by atoms with Crippen molar-refractivity contribution in [3.63, 3.8) is 0 Å².